The molecular weight excluding hydrogens is 1040 g/mol. The van der Waals surface area contributed by atoms with Crippen LogP contribution in [0.4, 0.5) is 34.4 Å². The minimum atomic E-state index is -5.67. The fourth-order valence-corrected chi connectivity index (χ4v) is 9.15. The van der Waals surface area contributed by atoms with E-state index in [1.54, 1.807) is 42.2 Å². The van der Waals surface area contributed by atoms with Crippen LogP contribution in [0.25, 0.3) is 10.8 Å². The van der Waals surface area contributed by atoms with Crippen molar-refractivity contribution >= 4 is 95.7 Å². The average Bonchev–Trinajstić information content (AvgIpc) is 3.19. The molecule has 5 aromatic carbocycles. The second-order valence-electron chi connectivity index (χ2n) is 12.9. The number of sulfone groups is 1. The summed E-state index contributed by atoms with van der Waals surface area (Å²) in [6.07, 6.45) is 0. The van der Waals surface area contributed by atoms with Crippen LogP contribution in [0.2, 0.25) is 0 Å². The van der Waals surface area contributed by atoms with Crippen LogP contribution in [0.15, 0.2) is 137 Å². The number of H-pyrrole nitrogens is 2. The number of azo groups is 1. The number of hydrogen-bond donors (Lipinski definition) is 3. The van der Waals surface area contributed by atoms with E-state index in [1.165, 1.54) is 24.3 Å². The van der Waals surface area contributed by atoms with Gasteiger partial charge in [0, 0.05) is 17.6 Å². The van der Waals surface area contributed by atoms with E-state index < -0.39 is 117 Å². The Labute approximate surface area is 476 Å². The van der Waals surface area contributed by atoms with Crippen molar-refractivity contribution in [3.05, 3.63) is 108 Å². The van der Waals surface area contributed by atoms with Gasteiger partial charge in [-0.3, -0.25) is 14.5 Å². The number of nitrogens with zero attached hydrogens (tertiary/aromatic N) is 6. The molecule has 0 aliphatic heterocycles. The first-order valence-electron chi connectivity index (χ1n) is 17.6. The molecule has 0 atom stereocenters. The van der Waals surface area contributed by atoms with Gasteiger partial charge in [0.25, 0.3) is 0 Å². The molecule has 68 heavy (non-hydrogen) atoms. The van der Waals surface area contributed by atoms with Gasteiger partial charge in [-0.15, -0.1) is 10.2 Å². The molecule has 24 nitrogen and oxygen atoms in total. The van der Waals surface area contributed by atoms with Crippen molar-refractivity contribution in [1.29, 1.82) is 0 Å². The summed E-state index contributed by atoms with van der Waals surface area (Å²) in [5.74, 6) is -2.34. The maximum atomic E-state index is 14.2. The van der Waals surface area contributed by atoms with Crippen molar-refractivity contribution in [2.45, 2.75) is 26.5 Å². The molecule has 6 rings (SSSR count). The van der Waals surface area contributed by atoms with E-state index in [-0.39, 0.29) is 147 Å². The number of aromatic amines is 2. The maximum absolute atomic E-state index is 14.2. The zero-order valence-corrected chi connectivity index (χ0v) is 48.2. The fourth-order valence-electron chi connectivity index (χ4n) is 5.85. The first-order chi connectivity index (χ1) is 29.8. The molecule has 338 valence electrons. The van der Waals surface area contributed by atoms with Crippen LogP contribution in [-0.4, -0.2) is 94.2 Å². The Balaban J connectivity index is 0.00000397. The fraction of sp³-hybridized carbons (Fsp3) is 0.114. The molecule has 1 heterocycles. The zero-order valence-electron chi connectivity index (χ0n) is 36.2. The molecule has 0 bridgehead atoms. The molecule has 0 radical (unpaired) electrons. The molecule has 0 fully saturated rings. The van der Waals surface area contributed by atoms with Gasteiger partial charge in [0.05, 0.1) is 49.0 Å². The summed E-state index contributed by atoms with van der Waals surface area (Å²) in [7, 11) is -25.5. The number of fused-ring (bicyclic) bond motifs is 1. The van der Waals surface area contributed by atoms with E-state index in [9.17, 15) is 60.9 Å². The minimum absolute atomic E-state index is 0. The van der Waals surface area contributed by atoms with E-state index in [0.29, 0.717) is 23.9 Å². The molecule has 3 N–H and O–H groups in total. The van der Waals surface area contributed by atoms with Crippen molar-refractivity contribution in [2.24, 2.45) is 20.2 Å². The van der Waals surface area contributed by atoms with Crippen LogP contribution in [-0.2, 0) is 54.8 Å². The van der Waals surface area contributed by atoms with E-state index in [1.807, 2.05) is 0 Å². The van der Waals surface area contributed by atoms with Gasteiger partial charge in [-0.2, -0.15) is 13.4 Å². The van der Waals surface area contributed by atoms with Gasteiger partial charge in [-0.25, -0.2) is 47.8 Å². The number of para-hydroxylation sites is 1. The number of benzene rings is 5. The summed E-state index contributed by atoms with van der Waals surface area (Å²) in [5.41, 5.74) is -2.77. The van der Waals surface area contributed by atoms with Crippen molar-refractivity contribution in [2.75, 3.05) is 23.8 Å². The van der Waals surface area contributed by atoms with Gasteiger partial charge in [0.15, 0.2) is 9.84 Å². The second-order valence-corrected chi connectivity index (χ2v) is 20.1. The van der Waals surface area contributed by atoms with Crippen LogP contribution < -0.4 is 139 Å². The molecule has 0 aliphatic carbocycles. The third kappa shape index (κ3) is 15.9. The van der Waals surface area contributed by atoms with Crippen molar-refractivity contribution in [1.82, 2.24) is 15.0 Å². The van der Waals surface area contributed by atoms with E-state index in [0.717, 1.165) is 24.3 Å². The van der Waals surface area contributed by atoms with Gasteiger partial charge in [-0.05, 0) is 73.0 Å². The van der Waals surface area contributed by atoms with Crippen LogP contribution in [0.3, 0.4) is 0 Å². The van der Waals surface area contributed by atoms with Crippen LogP contribution >= 0.6 is 0 Å². The third-order valence-electron chi connectivity index (χ3n) is 8.57. The van der Waals surface area contributed by atoms with E-state index in [2.05, 4.69) is 39.3 Å². The summed E-state index contributed by atoms with van der Waals surface area (Å²) in [6.45, 7) is 1.03. The van der Waals surface area contributed by atoms with Crippen LogP contribution in [0.1, 0.15) is 6.92 Å². The number of aromatic nitrogens is 3. The molecule has 1 aromatic heterocycles. The van der Waals surface area contributed by atoms with Gasteiger partial charge >= 0.3 is 129 Å². The van der Waals surface area contributed by atoms with Gasteiger partial charge in [0.1, 0.15) is 36.0 Å². The number of hydrogen-bond acceptors (Lipinski definition) is 21. The van der Waals surface area contributed by atoms with E-state index in [4.69, 9.17) is 4.55 Å². The quantitative estimate of drug-likeness (QED) is 0.0488. The first kappa shape index (κ1) is 61.8. The maximum Gasteiger partial charge on any atom is 1.00 e. The second kappa shape index (κ2) is 24.9. The third-order valence-corrected chi connectivity index (χ3v) is 13.3. The number of nitrogens with one attached hydrogen (secondary N) is 2. The summed E-state index contributed by atoms with van der Waals surface area (Å²) < 4.78 is 171. The molecule has 0 aliphatic rings. The van der Waals surface area contributed by atoms with Gasteiger partial charge in [-0.1, -0.05) is 42.1 Å². The zero-order chi connectivity index (χ0) is 46.8. The largest absolute Gasteiger partial charge is 1.00 e. The molecule has 0 spiro atoms. The summed E-state index contributed by atoms with van der Waals surface area (Å²) >= 11 is 0. The Morgan fingerprint density at radius 2 is 1.31 bits per heavy atom. The van der Waals surface area contributed by atoms with Gasteiger partial charge in [0.2, 0.25) is 17.2 Å². The molecule has 0 saturated heterocycles. The first-order valence-corrected chi connectivity index (χ1v) is 24.9. The molecule has 0 amide bonds. The van der Waals surface area contributed by atoms with Crippen LogP contribution in [0.5, 0.6) is 5.75 Å². The van der Waals surface area contributed by atoms with Crippen LogP contribution in [0, 0.1) is 0 Å². The molecule has 6 aromatic rings. The smallest absolute Gasteiger partial charge is 0.870 e. The standard InChI is InChI=1S/C35H32N8O16S5.4Na/c1-2-43(23-10-4-3-5-11-23)35-39-33(36-22-9-8-12-24(19-22)60(45,46)16-15-59-64(56,57)58)38-34(40-35)37-27-20-25(61(47,48)49)17-21-18-29(63(53,54)55)31(32(44)30(21)27)42-41-26-13-6-7-14-28(26)62(50,51)52;;;;/h3-14,17-20,44H,2,15-16H2,1H3,(H,47,48,49)(H,50,51,52)(H,53,54,55)(H,56,57,58)(H2,36,37,38,39,40);;;;/q;4*+1/p-4. The molecule has 0 unspecified atom stereocenters. The minimum Gasteiger partial charge on any atom is -0.870 e. The average molecular weight is 1070 g/mol. The predicted octanol–water partition coefficient (Wildman–Crippen LogP) is -9.68. The molecule has 33 heteroatoms. The SMILES string of the molecule is CCN(c1ccccc1)c1nc(=Nc2cccc(S(=O)(=O)CCOS(=O)(=O)O)c2)[nH]c(=Nc2cc(S(=O)(=O)[O-])cc3cc(S(=O)(=O)[O-])c(N=Nc4ccccc4S(=O)(=O)[O-])c([O-])c23)[nH]1.[Na+].[Na+].[Na+].[Na+]. The summed E-state index contributed by atoms with van der Waals surface area (Å²) in [6, 6.07) is 19.4. The Morgan fingerprint density at radius 3 is 1.91 bits per heavy atom. The Morgan fingerprint density at radius 1 is 0.676 bits per heavy atom. The summed E-state index contributed by atoms with van der Waals surface area (Å²) in [5, 5.41) is 20.1. The monoisotopic (exact) mass is 1070 g/mol. The Hall–Kier alpha value is -2.28. The topological polar surface area (TPSA) is 390 Å². The molecule has 0 saturated carbocycles. The Kier molecular flexibility index (Phi) is 22.6. The van der Waals surface area contributed by atoms with Gasteiger partial charge < -0.3 is 23.7 Å². The Bertz CT molecular complexity index is 3590. The van der Waals surface area contributed by atoms with Crippen molar-refractivity contribution in [3.63, 3.8) is 0 Å². The van der Waals surface area contributed by atoms with E-state index >= 15 is 0 Å². The summed E-state index contributed by atoms with van der Waals surface area (Å²) in [4.78, 5) is 16.6. The normalized spacial score (nSPS) is 12.7. The van der Waals surface area contributed by atoms with Crippen molar-refractivity contribution < 1.29 is 188 Å². The predicted molar refractivity (Wildman–Crippen MR) is 216 cm³/mol. The number of rotatable bonds is 15. The van der Waals surface area contributed by atoms with Crippen molar-refractivity contribution in [3.8, 4) is 5.75 Å². The number of anilines is 2. The molecular formula is C35H28N8Na4O16S5.